The second-order valence-corrected chi connectivity index (χ2v) is 5.03. The molecule has 1 heterocycles. The molecule has 2 rings (SSSR count). The molecule has 0 amide bonds. The summed E-state index contributed by atoms with van der Waals surface area (Å²) in [4.78, 5) is 8.73. The van der Waals surface area contributed by atoms with Gasteiger partial charge in [0.25, 0.3) is 0 Å². The van der Waals surface area contributed by atoms with Crippen molar-refractivity contribution in [3.8, 4) is 0 Å². The molecule has 0 unspecified atom stereocenters. The van der Waals surface area contributed by atoms with Crippen LogP contribution in [0.2, 0.25) is 0 Å². The highest BCUT2D eigenvalue weighted by atomic mass is 15.1. The van der Waals surface area contributed by atoms with Gasteiger partial charge in [-0.3, -0.25) is 0 Å². The molecular formula is C14H24N4. The van der Waals surface area contributed by atoms with Crippen molar-refractivity contribution in [2.75, 3.05) is 17.2 Å². The molecular weight excluding hydrogens is 224 g/mol. The normalized spacial score (nSPS) is 17.2. The van der Waals surface area contributed by atoms with Gasteiger partial charge in [-0.15, -0.1) is 0 Å². The Bertz CT molecular complexity index is 345. The molecule has 18 heavy (non-hydrogen) atoms. The van der Waals surface area contributed by atoms with E-state index >= 15 is 0 Å². The van der Waals surface area contributed by atoms with E-state index in [0.29, 0.717) is 6.04 Å². The Morgan fingerprint density at radius 1 is 1.22 bits per heavy atom. The lowest BCUT2D eigenvalue weighted by Gasteiger charge is -2.17. The van der Waals surface area contributed by atoms with E-state index in [-0.39, 0.29) is 0 Å². The van der Waals surface area contributed by atoms with Crippen LogP contribution in [-0.4, -0.2) is 22.6 Å². The number of anilines is 2. The van der Waals surface area contributed by atoms with E-state index in [0.717, 1.165) is 24.7 Å². The minimum atomic E-state index is 0.585. The van der Waals surface area contributed by atoms with Gasteiger partial charge in [-0.25, -0.2) is 4.98 Å². The van der Waals surface area contributed by atoms with Crippen LogP contribution in [-0.2, 0) is 0 Å². The number of aromatic nitrogens is 2. The Kier molecular flexibility index (Phi) is 5.24. The summed E-state index contributed by atoms with van der Waals surface area (Å²) >= 11 is 0. The molecule has 1 fully saturated rings. The lowest BCUT2D eigenvalue weighted by atomic mass is 10.1. The summed E-state index contributed by atoms with van der Waals surface area (Å²) in [5.41, 5.74) is 0. The van der Waals surface area contributed by atoms with Gasteiger partial charge < -0.3 is 10.6 Å². The average molecular weight is 248 g/mol. The van der Waals surface area contributed by atoms with Crippen LogP contribution in [0.4, 0.5) is 11.8 Å². The Morgan fingerprint density at radius 2 is 2.00 bits per heavy atom. The summed E-state index contributed by atoms with van der Waals surface area (Å²) in [6.07, 6.45) is 10.9. The molecule has 1 aromatic rings. The molecule has 1 saturated carbocycles. The molecule has 1 aliphatic carbocycles. The van der Waals surface area contributed by atoms with Crippen LogP contribution in [0, 0.1) is 0 Å². The van der Waals surface area contributed by atoms with Crippen molar-refractivity contribution in [3.63, 3.8) is 0 Å². The Labute approximate surface area is 110 Å². The highest BCUT2D eigenvalue weighted by Gasteiger charge is 2.12. The topological polar surface area (TPSA) is 49.8 Å². The Morgan fingerprint density at radius 3 is 2.72 bits per heavy atom. The van der Waals surface area contributed by atoms with Crippen LogP contribution in [0.5, 0.6) is 0 Å². The second kappa shape index (κ2) is 7.19. The van der Waals surface area contributed by atoms with Gasteiger partial charge in [0.05, 0.1) is 0 Å². The maximum absolute atomic E-state index is 4.50. The molecule has 4 heteroatoms. The largest absolute Gasteiger partial charge is 0.367 e. The number of hydrogen-bond donors (Lipinski definition) is 2. The van der Waals surface area contributed by atoms with Gasteiger partial charge >= 0.3 is 0 Å². The summed E-state index contributed by atoms with van der Waals surface area (Å²) in [7, 11) is 0. The zero-order chi connectivity index (χ0) is 12.6. The Balaban J connectivity index is 1.91. The lowest BCUT2D eigenvalue weighted by Crippen LogP contribution is -2.19. The van der Waals surface area contributed by atoms with E-state index in [2.05, 4.69) is 27.5 Å². The van der Waals surface area contributed by atoms with Crippen LogP contribution < -0.4 is 10.6 Å². The van der Waals surface area contributed by atoms with E-state index in [1.165, 1.54) is 38.5 Å². The smallest absolute Gasteiger partial charge is 0.224 e. The third-order valence-electron chi connectivity index (χ3n) is 3.40. The van der Waals surface area contributed by atoms with Crippen molar-refractivity contribution >= 4 is 11.8 Å². The maximum atomic E-state index is 4.50. The van der Waals surface area contributed by atoms with Crippen molar-refractivity contribution < 1.29 is 0 Å². The third-order valence-corrected chi connectivity index (χ3v) is 3.40. The first kappa shape index (κ1) is 13.1. The minimum absolute atomic E-state index is 0.585. The van der Waals surface area contributed by atoms with Crippen molar-refractivity contribution in [2.45, 2.75) is 57.9 Å². The molecule has 0 radical (unpaired) electrons. The van der Waals surface area contributed by atoms with Crippen molar-refractivity contribution in [2.24, 2.45) is 0 Å². The third kappa shape index (κ3) is 4.17. The van der Waals surface area contributed by atoms with E-state index < -0.39 is 0 Å². The fourth-order valence-corrected chi connectivity index (χ4v) is 2.39. The molecule has 100 valence electrons. The molecule has 1 aliphatic rings. The molecule has 0 saturated heterocycles. The molecule has 0 aliphatic heterocycles. The number of hydrogen-bond acceptors (Lipinski definition) is 4. The highest BCUT2D eigenvalue weighted by molar-refractivity contribution is 5.40. The van der Waals surface area contributed by atoms with Gasteiger partial charge in [-0.2, -0.15) is 4.98 Å². The zero-order valence-electron chi connectivity index (χ0n) is 11.3. The van der Waals surface area contributed by atoms with E-state index in [1.54, 1.807) is 0 Å². The summed E-state index contributed by atoms with van der Waals surface area (Å²) in [6.45, 7) is 3.06. The quantitative estimate of drug-likeness (QED) is 0.784. The highest BCUT2D eigenvalue weighted by Crippen LogP contribution is 2.20. The number of nitrogens with one attached hydrogen (secondary N) is 2. The SMILES string of the molecule is CCCNc1nccc(NC2CCCCCC2)n1. The van der Waals surface area contributed by atoms with Gasteiger partial charge in [0, 0.05) is 18.8 Å². The lowest BCUT2D eigenvalue weighted by molar-refractivity contribution is 0.617. The van der Waals surface area contributed by atoms with Crippen molar-refractivity contribution in [3.05, 3.63) is 12.3 Å². The molecule has 0 atom stereocenters. The molecule has 0 spiro atoms. The van der Waals surface area contributed by atoms with Crippen molar-refractivity contribution in [1.82, 2.24) is 9.97 Å². The predicted octanol–water partition coefficient (Wildman–Crippen LogP) is 3.43. The Hall–Kier alpha value is -1.32. The predicted molar refractivity (Wildman–Crippen MR) is 75.9 cm³/mol. The maximum Gasteiger partial charge on any atom is 0.224 e. The fraction of sp³-hybridized carbons (Fsp3) is 0.714. The summed E-state index contributed by atoms with van der Waals surface area (Å²) < 4.78 is 0. The van der Waals surface area contributed by atoms with Crippen LogP contribution >= 0.6 is 0 Å². The molecule has 2 N–H and O–H groups in total. The van der Waals surface area contributed by atoms with E-state index in [4.69, 9.17) is 0 Å². The molecule has 0 bridgehead atoms. The minimum Gasteiger partial charge on any atom is -0.367 e. The monoisotopic (exact) mass is 248 g/mol. The number of nitrogens with zero attached hydrogens (tertiary/aromatic N) is 2. The van der Waals surface area contributed by atoms with E-state index in [9.17, 15) is 0 Å². The average Bonchev–Trinajstić information content (AvgIpc) is 2.65. The fourth-order valence-electron chi connectivity index (χ4n) is 2.39. The van der Waals surface area contributed by atoms with Gasteiger partial charge in [-0.1, -0.05) is 32.6 Å². The first-order valence-corrected chi connectivity index (χ1v) is 7.22. The van der Waals surface area contributed by atoms with Gasteiger partial charge in [0.15, 0.2) is 0 Å². The number of rotatable bonds is 5. The standard InChI is InChI=1S/C14H24N4/c1-2-10-15-14-16-11-9-13(18-14)17-12-7-5-3-4-6-8-12/h9,11-12H,2-8,10H2,1H3,(H2,15,16,17,18). The first-order valence-electron chi connectivity index (χ1n) is 7.22. The molecule has 1 aromatic heterocycles. The zero-order valence-corrected chi connectivity index (χ0v) is 11.3. The molecule has 4 nitrogen and oxygen atoms in total. The van der Waals surface area contributed by atoms with Crippen LogP contribution in [0.15, 0.2) is 12.3 Å². The van der Waals surface area contributed by atoms with Crippen molar-refractivity contribution in [1.29, 1.82) is 0 Å². The summed E-state index contributed by atoms with van der Waals surface area (Å²) in [6, 6.07) is 2.54. The van der Waals surface area contributed by atoms with Gasteiger partial charge in [0.2, 0.25) is 5.95 Å². The van der Waals surface area contributed by atoms with Crippen LogP contribution in [0.25, 0.3) is 0 Å². The second-order valence-electron chi connectivity index (χ2n) is 5.03. The van der Waals surface area contributed by atoms with Gasteiger partial charge in [-0.05, 0) is 25.3 Å². The van der Waals surface area contributed by atoms with Crippen LogP contribution in [0.3, 0.4) is 0 Å². The van der Waals surface area contributed by atoms with E-state index in [1.807, 2.05) is 12.3 Å². The van der Waals surface area contributed by atoms with Crippen LogP contribution in [0.1, 0.15) is 51.9 Å². The summed E-state index contributed by atoms with van der Waals surface area (Å²) in [5.74, 6) is 1.69. The van der Waals surface area contributed by atoms with Gasteiger partial charge in [0.1, 0.15) is 5.82 Å². The summed E-state index contributed by atoms with van der Waals surface area (Å²) in [5, 5.41) is 6.77. The molecule has 0 aromatic carbocycles. The first-order chi connectivity index (χ1) is 8.88.